The van der Waals surface area contributed by atoms with E-state index in [2.05, 4.69) is 12.2 Å². The number of rotatable bonds is 11. The first-order valence-electron chi connectivity index (χ1n) is 10.8. The lowest BCUT2D eigenvalue weighted by molar-refractivity contribution is -0.141. The van der Waals surface area contributed by atoms with Crippen molar-refractivity contribution in [1.82, 2.24) is 10.2 Å². The van der Waals surface area contributed by atoms with Gasteiger partial charge in [0.05, 0.1) is 0 Å². The lowest BCUT2D eigenvalue weighted by atomic mass is 10.1. The molecule has 1 N–H and O–H groups in total. The van der Waals surface area contributed by atoms with E-state index >= 15 is 0 Å². The van der Waals surface area contributed by atoms with Gasteiger partial charge in [0, 0.05) is 24.5 Å². The minimum Gasteiger partial charge on any atom is -0.354 e. The van der Waals surface area contributed by atoms with Gasteiger partial charge < -0.3 is 10.2 Å². The van der Waals surface area contributed by atoms with E-state index in [1.807, 2.05) is 62.4 Å². The maximum atomic E-state index is 13.2. The van der Waals surface area contributed by atoms with Crippen LogP contribution in [0.15, 0.2) is 48.5 Å². The number of amides is 2. The number of carbonyl (C=O) groups excluding carboxylic acids is 2. The normalized spacial score (nSPS) is 11.7. The smallest absolute Gasteiger partial charge is 0.242 e. The summed E-state index contributed by atoms with van der Waals surface area (Å²) in [5, 5.41) is 3.66. The van der Waals surface area contributed by atoms with Gasteiger partial charge in [-0.3, -0.25) is 9.59 Å². The second-order valence-corrected chi connectivity index (χ2v) is 8.07. The third-order valence-corrected chi connectivity index (χ3v) is 5.62. The minimum atomic E-state index is -0.484. The largest absolute Gasteiger partial charge is 0.354 e. The number of aryl methyl sites for hydroxylation is 2. The van der Waals surface area contributed by atoms with Crippen molar-refractivity contribution < 1.29 is 9.59 Å². The number of carbonyl (C=O) groups is 2. The van der Waals surface area contributed by atoms with Gasteiger partial charge >= 0.3 is 0 Å². The summed E-state index contributed by atoms with van der Waals surface area (Å²) in [6.45, 7) is 7.13. The standard InChI is InChI=1S/C25H33ClN2O2/c1-4-6-17-27-25(30)23(5-2)28(18-20-13-11-19(3)12-14-20)24(29)16-15-21-9-7-8-10-22(21)26/h7-14,23H,4-6,15-18H2,1-3H3,(H,27,30)/t23-/m0/s1. The zero-order valence-electron chi connectivity index (χ0n) is 18.3. The fourth-order valence-electron chi connectivity index (χ4n) is 3.40. The second kappa shape index (κ2) is 12.4. The van der Waals surface area contributed by atoms with Gasteiger partial charge in [-0.25, -0.2) is 0 Å². The van der Waals surface area contributed by atoms with E-state index in [-0.39, 0.29) is 11.8 Å². The van der Waals surface area contributed by atoms with Crippen LogP contribution < -0.4 is 5.32 Å². The van der Waals surface area contributed by atoms with Crippen LogP contribution in [0.1, 0.15) is 56.2 Å². The maximum Gasteiger partial charge on any atom is 0.242 e. The lowest BCUT2D eigenvalue weighted by Crippen LogP contribution is -2.49. The van der Waals surface area contributed by atoms with E-state index in [4.69, 9.17) is 11.6 Å². The molecule has 0 aliphatic rings. The average Bonchev–Trinajstić information content (AvgIpc) is 2.74. The van der Waals surface area contributed by atoms with E-state index < -0.39 is 6.04 Å². The molecule has 2 rings (SSSR count). The van der Waals surface area contributed by atoms with Gasteiger partial charge in [0.15, 0.2) is 0 Å². The van der Waals surface area contributed by atoms with Gasteiger partial charge in [-0.2, -0.15) is 0 Å². The van der Waals surface area contributed by atoms with Crippen molar-refractivity contribution in [2.75, 3.05) is 6.54 Å². The fraction of sp³-hybridized carbons (Fsp3) is 0.440. The van der Waals surface area contributed by atoms with Crippen LogP contribution in [-0.2, 0) is 22.6 Å². The Morgan fingerprint density at radius 2 is 1.77 bits per heavy atom. The van der Waals surface area contributed by atoms with Crippen LogP contribution in [0.4, 0.5) is 0 Å². The predicted molar refractivity (Wildman–Crippen MR) is 123 cm³/mol. The molecular formula is C25H33ClN2O2. The number of nitrogens with zero attached hydrogens (tertiary/aromatic N) is 1. The summed E-state index contributed by atoms with van der Waals surface area (Å²) in [7, 11) is 0. The lowest BCUT2D eigenvalue weighted by Gasteiger charge is -2.31. The van der Waals surface area contributed by atoms with Crippen LogP contribution in [0.2, 0.25) is 5.02 Å². The molecule has 0 heterocycles. The summed E-state index contributed by atoms with van der Waals surface area (Å²) in [6, 6.07) is 15.2. The molecule has 4 nitrogen and oxygen atoms in total. The van der Waals surface area contributed by atoms with Gasteiger partial charge in [0.25, 0.3) is 0 Å². The van der Waals surface area contributed by atoms with Gasteiger partial charge in [0.2, 0.25) is 11.8 Å². The summed E-state index contributed by atoms with van der Waals surface area (Å²) in [5.74, 6) is -0.114. The van der Waals surface area contributed by atoms with E-state index in [9.17, 15) is 9.59 Å². The Hall–Kier alpha value is -2.33. The molecule has 2 amide bonds. The van der Waals surface area contributed by atoms with Crippen molar-refractivity contribution in [3.8, 4) is 0 Å². The van der Waals surface area contributed by atoms with E-state index in [0.717, 1.165) is 24.0 Å². The van der Waals surface area contributed by atoms with Crippen molar-refractivity contribution in [3.05, 3.63) is 70.2 Å². The van der Waals surface area contributed by atoms with Crippen molar-refractivity contribution in [1.29, 1.82) is 0 Å². The average molecular weight is 429 g/mol. The van der Waals surface area contributed by atoms with Gasteiger partial charge in [-0.15, -0.1) is 0 Å². The molecule has 0 radical (unpaired) electrons. The molecule has 0 spiro atoms. The predicted octanol–water partition coefficient (Wildman–Crippen LogP) is 5.30. The van der Waals surface area contributed by atoms with E-state index in [0.29, 0.717) is 37.4 Å². The van der Waals surface area contributed by atoms with E-state index in [1.54, 1.807) is 4.90 Å². The first-order valence-corrected chi connectivity index (χ1v) is 11.2. The maximum absolute atomic E-state index is 13.2. The highest BCUT2D eigenvalue weighted by Gasteiger charge is 2.28. The Balaban J connectivity index is 2.17. The number of nitrogens with one attached hydrogen (secondary N) is 1. The molecule has 0 unspecified atom stereocenters. The molecule has 2 aromatic rings. The molecule has 0 saturated carbocycles. The molecule has 0 fully saturated rings. The van der Waals surface area contributed by atoms with Crippen LogP contribution in [0.25, 0.3) is 0 Å². The number of hydrogen-bond donors (Lipinski definition) is 1. The summed E-state index contributed by atoms with van der Waals surface area (Å²) >= 11 is 6.25. The summed E-state index contributed by atoms with van der Waals surface area (Å²) in [5.41, 5.74) is 3.13. The molecule has 5 heteroatoms. The molecule has 0 aliphatic carbocycles. The topological polar surface area (TPSA) is 49.4 Å². The molecule has 0 bridgehead atoms. The number of benzene rings is 2. The van der Waals surface area contributed by atoms with Crippen LogP contribution in [0.3, 0.4) is 0 Å². The van der Waals surface area contributed by atoms with Crippen molar-refractivity contribution in [2.45, 2.75) is 65.5 Å². The Morgan fingerprint density at radius 3 is 2.40 bits per heavy atom. The van der Waals surface area contributed by atoms with Crippen LogP contribution >= 0.6 is 11.6 Å². The van der Waals surface area contributed by atoms with Crippen molar-refractivity contribution in [3.63, 3.8) is 0 Å². The first-order chi connectivity index (χ1) is 14.5. The third kappa shape index (κ3) is 7.17. The number of halogens is 1. The highest BCUT2D eigenvalue weighted by atomic mass is 35.5. The monoisotopic (exact) mass is 428 g/mol. The zero-order valence-corrected chi connectivity index (χ0v) is 19.0. The Kier molecular flexibility index (Phi) is 9.88. The molecule has 0 aromatic heterocycles. The van der Waals surface area contributed by atoms with Crippen LogP contribution in [0.5, 0.6) is 0 Å². The molecule has 30 heavy (non-hydrogen) atoms. The minimum absolute atomic E-state index is 0.0343. The first kappa shape index (κ1) is 23.9. The van der Waals surface area contributed by atoms with Crippen LogP contribution in [0, 0.1) is 6.92 Å². The number of unbranched alkanes of at least 4 members (excludes halogenated alkanes) is 1. The molecule has 162 valence electrons. The third-order valence-electron chi connectivity index (χ3n) is 5.26. The van der Waals surface area contributed by atoms with Gasteiger partial charge in [-0.1, -0.05) is 79.9 Å². The molecule has 1 atom stereocenters. The van der Waals surface area contributed by atoms with Crippen LogP contribution in [-0.4, -0.2) is 29.3 Å². The molecule has 2 aromatic carbocycles. The molecule has 0 saturated heterocycles. The zero-order chi connectivity index (χ0) is 21.9. The van der Waals surface area contributed by atoms with Gasteiger partial charge in [0.1, 0.15) is 6.04 Å². The van der Waals surface area contributed by atoms with Crippen molar-refractivity contribution in [2.24, 2.45) is 0 Å². The highest BCUT2D eigenvalue weighted by molar-refractivity contribution is 6.31. The molecular weight excluding hydrogens is 396 g/mol. The highest BCUT2D eigenvalue weighted by Crippen LogP contribution is 2.19. The Bertz CT molecular complexity index is 820. The molecule has 0 aliphatic heterocycles. The quantitative estimate of drug-likeness (QED) is 0.493. The number of hydrogen-bond acceptors (Lipinski definition) is 2. The Morgan fingerprint density at radius 1 is 1.07 bits per heavy atom. The van der Waals surface area contributed by atoms with Gasteiger partial charge in [-0.05, 0) is 43.4 Å². The SMILES string of the molecule is CCCCNC(=O)[C@H](CC)N(Cc1ccc(C)cc1)C(=O)CCc1ccccc1Cl. The van der Waals surface area contributed by atoms with E-state index in [1.165, 1.54) is 5.56 Å². The summed E-state index contributed by atoms with van der Waals surface area (Å²) in [6.07, 6.45) is 3.38. The second-order valence-electron chi connectivity index (χ2n) is 7.67. The Labute approximate surface area is 185 Å². The summed E-state index contributed by atoms with van der Waals surface area (Å²) in [4.78, 5) is 27.8. The van der Waals surface area contributed by atoms with Crippen molar-refractivity contribution >= 4 is 23.4 Å². The summed E-state index contributed by atoms with van der Waals surface area (Å²) < 4.78 is 0. The fourth-order valence-corrected chi connectivity index (χ4v) is 3.63.